The van der Waals surface area contributed by atoms with Crippen molar-refractivity contribution in [2.75, 3.05) is 7.11 Å². The number of hydrogen-bond donors (Lipinski definition) is 0. The third-order valence-electron chi connectivity index (χ3n) is 5.14. The van der Waals surface area contributed by atoms with Gasteiger partial charge in [-0.15, -0.1) is 0 Å². The molecule has 30 heavy (non-hydrogen) atoms. The molecular weight excluding hydrogens is 386 g/mol. The smallest absolute Gasteiger partial charge is 0.308 e. The van der Waals surface area contributed by atoms with E-state index in [0.29, 0.717) is 29.0 Å². The first-order valence-corrected chi connectivity index (χ1v) is 9.61. The van der Waals surface area contributed by atoms with Gasteiger partial charge in [0, 0.05) is 26.0 Å². The van der Waals surface area contributed by atoms with Crippen molar-refractivity contribution in [2.45, 2.75) is 47.4 Å². The van der Waals surface area contributed by atoms with Crippen LogP contribution in [-0.4, -0.2) is 29.9 Å². The maximum Gasteiger partial charge on any atom is 0.308 e. The lowest BCUT2D eigenvalue weighted by Gasteiger charge is -2.17. The number of nitrogens with zero attached hydrogens (tertiary/aromatic N) is 1. The predicted octanol–water partition coefficient (Wildman–Crippen LogP) is 3.46. The molecule has 1 heterocycles. The van der Waals surface area contributed by atoms with Gasteiger partial charge < -0.3 is 19.1 Å². The molecule has 7 heteroatoms. The third-order valence-corrected chi connectivity index (χ3v) is 5.14. The quantitative estimate of drug-likeness (QED) is 0.535. The standard InChI is InChI=1S/C23H25NO6/c1-13-6-7-17(8-14(13)2)10-24-11-19-18(23(24)27)9-21(28-5)20(12-29-15(3)25)22(19)30-16(4)26/h6-9H,10-12H2,1-5H3. The van der Waals surface area contributed by atoms with Gasteiger partial charge in [0.1, 0.15) is 18.1 Å². The Bertz CT molecular complexity index is 1030. The molecular formula is C23H25NO6. The molecule has 1 aliphatic heterocycles. The molecule has 2 aromatic rings. The fraction of sp³-hybridized carbons (Fsp3) is 0.348. The highest BCUT2D eigenvalue weighted by atomic mass is 16.5. The van der Waals surface area contributed by atoms with Crippen LogP contribution in [0.3, 0.4) is 0 Å². The van der Waals surface area contributed by atoms with Crippen molar-refractivity contribution in [1.29, 1.82) is 0 Å². The van der Waals surface area contributed by atoms with E-state index in [0.717, 1.165) is 11.1 Å². The van der Waals surface area contributed by atoms with Crippen molar-refractivity contribution in [3.05, 3.63) is 57.6 Å². The molecule has 0 saturated heterocycles. The first kappa shape index (κ1) is 21.4. The Morgan fingerprint density at radius 3 is 2.40 bits per heavy atom. The summed E-state index contributed by atoms with van der Waals surface area (Å²) in [5.41, 5.74) is 4.78. The highest BCUT2D eigenvalue weighted by Gasteiger charge is 2.34. The number of ether oxygens (including phenoxy) is 3. The summed E-state index contributed by atoms with van der Waals surface area (Å²) in [5, 5.41) is 0. The number of aryl methyl sites for hydroxylation is 2. The van der Waals surface area contributed by atoms with Crippen LogP contribution in [0.25, 0.3) is 0 Å². The second-order valence-electron chi connectivity index (χ2n) is 7.37. The summed E-state index contributed by atoms with van der Waals surface area (Å²) in [4.78, 5) is 37.8. The Labute approximate surface area is 175 Å². The van der Waals surface area contributed by atoms with Crippen molar-refractivity contribution in [2.24, 2.45) is 0 Å². The van der Waals surface area contributed by atoms with Crippen LogP contribution >= 0.6 is 0 Å². The number of fused-ring (bicyclic) bond motifs is 1. The van der Waals surface area contributed by atoms with Gasteiger partial charge in [-0.3, -0.25) is 14.4 Å². The van der Waals surface area contributed by atoms with E-state index in [2.05, 4.69) is 6.07 Å². The van der Waals surface area contributed by atoms with Crippen LogP contribution in [-0.2, 0) is 34.0 Å². The minimum atomic E-state index is -0.533. The number of amides is 1. The fourth-order valence-corrected chi connectivity index (χ4v) is 3.51. The van der Waals surface area contributed by atoms with E-state index >= 15 is 0 Å². The Morgan fingerprint density at radius 1 is 1.07 bits per heavy atom. The summed E-state index contributed by atoms with van der Waals surface area (Å²) in [7, 11) is 1.45. The van der Waals surface area contributed by atoms with E-state index < -0.39 is 11.9 Å². The number of rotatable bonds is 6. The zero-order chi connectivity index (χ0) is 22.0. The Morgan fingerprint density at radius 2 is 1.80 bits per heavy atom. The van der Waals surface area contributed by atoms with Gasteiger partial charge in [-0.05, 0) is 36.6 Å². The van der Waals surface area contributed by atoms with Crippen molar-refractivity contribution in [3.8, 4) is 11.5 Å². The number of esters is 2. The van der Waals surface area contributed by atoms with E-state index in [1.54, 1.807) is 11.0 Å². The van der Waals surface area contributed by atoms with Gasteiger partial charge in [0.05, 0.1) is 24.8 Å². The number of benzene rings is 2. The van der Waals surface area contributed by atoms with Crippen molar-refractivity contribution in [3.63, 3.8) is 0 Å². The third kappa shape index (κ3) is 4.30. The van der Waals surface area contributed by atoms with Gasteiger partial charge in [0.25, 0.3) is 5.91 Å². The molecule has 7 nitrogen and oxygen atoms in total. The molecule has 0 bridgehead atoms. The van der Waals surface area contributed by atoms with Gasteiger partial charge in [0.2, 0.25) is 0 Å². The molecule has 158 valence electrons. The Balaban J connectivity index is 2.00. The van der Waals surface area contributed by atoms with Crippen LogP contribution in [0.1, 0.15) is 52.0 Å². The monoisotopic (exact) mass is 411 g/mol. The predicted molar refractivity (Wildman–Crippen MR) is 109 cm³/mol. The van der Waals surface area contributed by atoms with Crippen LogP contribution in [0.2, 0.25) is 0 Å². The zero-order valence-corrected chi connectivity index (χ0v) is 17.8. The summed E-state index contributed by atoms with van der Waals surface area (Å²) < 4.78 is 16.0. The molecule has 0 aromatic heterocycles. The zero-order valence-electron chi connectivity index (χ0n) is 17.8. The second kappa shape index (κ2) is 8.57. The number of carbonyl (C=O) groups is 3. The Kier molecular flexibility index (Phi) is 6.10. The Hall–Kier alpha value is -3.35. The molecule has 0 fully saturated rings. The molecule has 0 radical (unpaired) electrons. The fourth-order valence-electron chi connectivity index (χ4n) is 3.51. The van der Waals surface area contributed by atoms with Crippen molar-refractivity contribution < 1.29 is 28.6 Å². The van der Waals surface area contributed by atoms with Gasteiger partial charge in [-0.2, -0.15) is 0 Å². The molecule has 0 N–H and O–H groups in total. The summed E-state index contributed by atoms with van der Waals surface area (Å²) in [6.45, 7) is 7.23. The van der Waals surface area contributed by atoms with Crippen molar-refractivity contribution in [1.82, 2.24) is 4.90 Å². The van der Waals surface area contributed by atoms with E-state index in [4.69, 9.17) is 14.2 Å². The second-order valence-corrected chi connectivity index (χ2v) is 7.37. The van der Waals surface area contributed by atoms with Gasteiger partial charge in [-0.1, -0.05) is 18.2 Å². The molecule has 0 aliphatic carbocycles. The van der Waals surface area contributed by atoms with Crippen LogP contribution < -0.4 is 9.47 Å². The summed E-state index contributed by atoms with van der Waals surface area (Å²) in [5.74, 6) is -0.635. The lowest BCUT2D eigenvalue weighted by atomic mass is 10.0. The van der Waals surface area contributed by atoms with Gasteiger partial charge in [0.15, 0.2) is 0 Å². The van der Waals surface area contributed by atoms with Gasteiger partial charge >= 0.3 is 11.9 Å². The average molecular weight is 411 g/mol. The van der Waals surface area contributed by atoms with Crippen LogP contribution in [0.5, 0.6) is 11.5 Å². The summed E-state index contributed by atoms with van der Waals surface area (Å²) >= 11 is 0. The van der Waals surface area contributed by atoms with E-state index in [-0.39, 0.29) is 24.8 Å². The summed E-state index contributed by atoms with van der Waals surface area (Å²) in [6.07, 6.45) is 0. The SMILES string of the molecule is COc1cc2c(c(OC(C)=O)c1COC(C)=O)CN(Cc1ccc(C)c(C)c1)C2=O. The molecule has 1 amide bonds. The molecule has 0 unspecified atom stereocenters. The average Bonchev–Trinajstić information content (AvgIpc) is 2.98. The first-order chi connectivity index (χ1) is 14.2. The lowest BCUT2D eigenvalue weighted by molar-refractivity contribution is -0.142. The number of methoxy groups -OCH3 is 1. The highest BCUT2D eigenvalue weighted by molar-refractivity contribution is 6.00. The van der Waals surface area contributed by atoms with Crippen LogP contribution in [0.15, 0.2) is 24.3 Å². The van der Waals surface area contributed by atoms with Crippen LogP contribution in [0.4, 0.5) is 0 Å². The maximum absolute atomic E-state index is 13.1. The largest absolute Gasteiger partial charge is 0.496 e. The number of hydrogen-bond acceptors (Lipinski definition) is 6. The van der Waals surface area contributed by atoms with E-state index in [1.807, 2.05) is 26.0 Å². The number of carbonyl (C=O) groups excluding carboxylic acids is 3. The maximum atomic E-state index is 13.1. The minimum absolute atomic E-state index is 0.125. The van der Waals surface area contributed by atoms with Crippen molar-refractivity contribution >= 4 is 17.8 Å². The molecule has 2 aromatic carbocycles. The van der Waals surface area contributed by atoms with Crippen LogP contribution in [0, 0.1) is 13.8 Å². The summed E-state index contributed by atoms with van der Waals surface area (Å²) in [6, 6.07) is 7.70. The topological polar surface area (TPSA) is 82.1 Å². The molecule has 1 aliphatic rings. The molecule has 0 spiro atoms. The minimum Gasteiger partial charge on any atom is -0.496 e. The van der Waals surface area contributed by atoms with Gasteiger partial charge in [-0.25, -0.2) is 0 Å². The molecule has 0 atom stereocenters. The lowest BCUT2D eigenvalue weighted by Crippen LogP contribution is -2.23. The normalized spacial score (nSPS) is 12.6. The first-order valence-electron chi connectivity index (χ1n) is 9.61. The van der Waals surface area contributed by atoms with E-state index in [9.17, 15) is 14.4 Å². The molecule has 0 saturated carbocycles. The van der Waals surface area contributed by atoms with E-state index in [1.165, 1.54) is 26.5 Å². The highest BCUT2D eigenvalue weighted by Crippen LogP contribution is 2.41. The molecule has 3 rings (SSSR count).